The summed E-state index contributed by atoms with van der Waals surface area (Å²) >= 11 is 6.12. The number of allylic oxidation sites excluding steroid dienone is 4. The standard InChI is InChI=1S/C19H21BrINO2/c1-5-14(7-6-13(2)23-3)22-12-18(20)17-10-15(24-4)8-9-16(17)19(22)11-21/h5-10,12,19H,1,11H2,2-4H3/b13-6+,14-7+. The SMILES string of the molecule is C=C/C(=C\C=C(/C)OC)N1C=C(Br)c2cc(OC)ccc2C1CI. The van der Waals surface area contributed by atoms with Crippen LogP contribution in [0.5, 0.6) is 5.75 Å². The third kappa shape index (κ3) is 4.06. The number of hydrogen-bond acceptors (Lipinski definition) is 3. The summed E-state index contributed by atoms with van der Waals surface area (Å²) in [5, 5.41) is 0. The molecule has 5 heteroatoms. The fourth-order valence-corrected chi connectivity index (χ4v) is 4.00. The van der Waals surface area contributed by atoms with Crippen molar-refractivity contribution in [3.8, 4) is 5.75 Å². The molecule has 1 aliphatic rings. The topological polar surface area (TPSA) is 21.7 Å². The van der Waals surface area contributed by atoms with Gasteiger partial charge in [0, 0.05) is 20.8 Å². The van der Waals surface area contributed by atoms with Crippen molar-refractivity contribution >= 4 is 43.0 Å². The molecule has 0 aliphatic carbocycles. The van der Waals surface area contributed by atoms with Crippen LogP contribution in [0.1, 0.15) is 24.1 Å². The van der Waals surface area contributed by atoms with Crippen LogP contribution in [0.15, 0.2) is 60.7 Å². The van der Waals surface area contributed by atoms with E-state index in [-0.39, 0.29) is 6.04 Å². The number of hydrogen-bond donors (Lipinski definition) is 0. The van der Waals surface area contributed by atoms with Gasteiger partial charge in [0.05, 0.1) is 26.0 Å². The Morgan fingerprint density at radius 2 is 2.12 bits per heavy atom. The lowest BCUT2D eigenvalue weighted by molar-refractivity contribution is 0.293. The van der Waals surface area contributed by atoms with Gasteiger partial charge in [0.2, 0.25) is 0 Å². The smallest absolute Gasteiger partial charge is 0.119 e. The Labute approximate surface area is 166 Å². The van der Waals surface area contributed by atoms with E-state index in [1.165, 1.54) is 11.1 Å². The van der Waals surface area contributed by atoms with Crippen LogP contribution in [0.25, 0.3) is 4.48 Å². The molecule has 0 bridgehead atoms. The summed E-state index contributed by atoms with van der Waals surface area (Å²) in [6.45, 7) is 5.90. The number of ether oxygens (including phenoxy) is 2. The number of methoxy groups -OCH3 is 2. The summed E-state index contributed by atoms with van der Waals surface area (Å²) in [5.74, 6) is 1.71. The Morgan fingerprint density at radius 3 is 2.71 bits per heavy atom. The van der Waals surface area contributed by atoms with Gasteiger partial charge < -0.3 is 14.4 Å². The highest BCUT2D eigenvalue weighted by Crippen LogP contribution is 2.42. The van der Waals surface area contributed by atoms with Gasteiger partial charge >= 0.3 is 0 Å². The van der Waals surface area contributed by atoms with Crippen molar-refractivity contribution in [1.82, 2.24) is 4.90 Å². The van der Waals surface area contributed by atoms with Crippen molar-refractivity contribution in [3.05, 3.63) is 71.8 Å². The maximum atomic E-state index is 5.36. The van der Waals surface area contributed by atoms with E-state index in [1.807, 2.05) is 31.2 Å². The predicted molar refractivity (Wildman–Crippen MR) is 112 cm³/mol. The lowest BCUT2D eigenvalue weighted by Crippen LogP contribution is -2.27. The Balaban J connectivity index is 2.49. The number of halogens is 2. The minimum Gasteiger partial charge on any atom is -0.501 e. The van der Waals surface area contributed by atoms with Crippen molar-refractivity contribution in [1.29, 1.82) is 0 Å². The molecule has 0 aromatic heterocycles. The molecule has 0 spiro atoms. The first kappa shape index (κ1) is 19.1. The van der Waals surface area contributed by atoms with Crippen LogP contribution in [0, 0.1) is 0 Å². The zero-order valence-electron chi connectivity index (χ0n) is 14.1. The quantitative estimate of drug-likeness (QED) is 0.213. The second-order valence-corrected chi connectivity index (χ2v) is 7.02. The fourth-order valence-electron chi connectivity index (χ4n) is 2.53. The minimum atomic E-state index is 0.230. The van der Waals surface area contributed by atoms with Gasteiger partial charge in [-0.3, -0.25) is 0 Å². The lowest BCUT2D eigenvalue weighted by Gasteiger charge is -2.36. The Morgan fingerprint density at radius 1 is 1.38 bits per heavy atom. The molecule has 24 heavy (non-hydrogen) atoms. The second kappa shape index (κ2) is 8.76. The van der Waals surface area contributed by atoms with Crippen LogP contribution in [-0.4, -0.2) is 23.5 Å². The number of benzene rings is 1. The molecule has 1 unspecified atom stereocenters. The third-order valence-electron chi connectivity index (χ3n) is 3.93. The number of alkyl halides is 1. The van der Waals surface area contributed by atoms with Crippen LogP contribution < -0.4 is 4.74 Å². The Kier molecular flexibility index (Phi) is 6.98. The van der Waals surface area contributed by atoms with E-state index >= 15 is 0 Å². The normalized spacial score (nSPS) is 18.0. The lowest BCUT2D eigenvalue weighted by atomic mass is 9.96. The number of rotatable bonds is 6. The molecule has 3 nitrogen and oxygen atoms in total. The van der Waals surface area contributed by atoms with E-state index in [0.29, 0.717) is 0 Å². The predicted octanol–water partition coefficient (Wildman–Crippen LogP) is 5.80. The number of nitrogens with zero attached hydrogens (tertiary/aromatic N) is 1. The van der Waals surface area contributed by atoms with Crippen molar-refractivity contribution in [2.24, 2.45) is 0 Å². The van der Waals surface area contributed by atoms with E-state index in [9.17, 15) is 0 Å². The molecule has 128 valence electrons. The molecule has 2 rings (SSSR count). The summed E-state index contributed by atoms with van der Waals surface area (Å²) < 4.78 is 12.5. The highest BCUT2D eigenvalue weighted by Gasteiger charge is 2.27. The van der Waals surface area contributed by atoms with Gasteiger partial charge in [-0.05, 0) is 64.3 Å². The van der Waals surface area contributed by atoms with Crippen LogP contribution in [0.2, 0.25) is 0 Å². The van der Waals surface area contributed by atoms with Gasteiger partial charge in [-0.1, -0.05) is 35.2 Å². The van der Waals surface area contributed by atoms with Crippen molar-refractivity contribution in [2.45, 2.75) is 13.0 Å². The number of fused-ring (bicyclic) bond motifs is 1. The molecule has 1 heterocycles. The second-order valence-electron chi connectivity index (χ2n) is 5.28. The molecular formula is C19H21BrINO2. The van der Waals surface area contributed by atoms with Gasteiger partial charge in [-0.2, -0.15) is 0 Å². The molecule has 1 atom stereocenters. The van der Waals surface area contributed by atoms with Crippen LogP contribution in [-0.2, 0) is 4.74 Å². The Hall–Kier alpha value is -1.21. The summed E-state index contributed by atoms with van der Waals surface area (Å²) in [7, 11) is 3.36. The van der Waals surface area contributed by atoms with Crippen molar-refractivity contribution < 1.29 is 9.47 Å². The molecule has 1 aromatic carbocycles. The summed E-state index contributed by atoms with van der Waals surface area (Å²) in [5.41, 5.74) is 3.45. The zero-order valence-corrected chi connectivity index (χ0v) is 17.8. The first-order valence-corrected chi connectivity index (χ1v) is 9.82. The van der Waals surface area contributed by atoms with Gasteiger partial charge in [-0.25, -0.2) is 0 Å². The highest BCUT2D eigenvalue weighted by molar-refractivity contribution is 14.1. The molecule has 0 saturated heterocycles. The molecule has 1 aromatic rings. The van der Waals surface area contributed by atoms with Crippen molar-refractivity contribution in [2.75, 3.05) is 18.6 Å². The molecular weight excluding hydrogens is 481 g/mol. The maximum Gasteiger partial charge on any atom is 0.119 e. The summed E-state index contributed by atoms with van der Waals surface area (Å²) in [6, 6.07) is 6.44. The largest absolute Gasteiger partial charge is 0.501 e. The molecule has 0 amide bonds. The van der Waals surface area contributed by atoms with Crippen molar-refractivity contribution in [3.63, 3.8) is 0 Å². The zero-order chi connectivity index (χ0) is 17.7. The first-order valence-electron chi connectivity index (χ1n) is 7.50. The molecule has 0 N–H and O–H groups in total. The summed E-state index contributed by atoms with van der Waals surface area (Å²) in [4.78, 5) is 2.23. The van der Waals surface area contributed by atoms with E-state index in [2.05, 4.69) is 68.3 Å². The summed E-state index contributed by atoms with van der Waals surface area (Å²) in [6.07, 6.45) is 7.95. The van der Waals surface area contributed by atoms with Gasteiger partial charge in [0.1, 0.15) is 5.75 Å². The minimum absolute atomic E-state index is 0.230. The van der Waals surface area contributed by atoms with E-state index in [1.54, 1.807) is 14.2 Å². The van der Waals surface area contributed by atoms with E-state index in [0.717, 1.165) is 26.1 Å². The monoisotopic (exact) mass is 501 g/mol. The van der Waals surface area contributed by atoms with E-state index < -0.39 is 0 Å². The molecule has 0 saturated carbocycles. The maximum absolute atomic E-state index is 5.36. The fraction of sp³-hybridized carbons (Fsp3) is 0.263. The van der Waals surface area contributed by atoms with E-state index in [4.69, 9.17) is 9.47 Å². The van der Waals surface area contributed by atoms with Gasteiger partial charge in [0.25, 0.3) is 0 Å². The van der Waals surface area contributed by atoms with Crippen LogP contribution >= 0.6 is 38.5 Å². The average molecular weight is 502 g/mol. The molecule has 0 radical (unpaired) electrons. The average Bonchev–Trinajstić information content (AvgIpc) is 2.61. The first-order chi connectivity index (χ1) is 11.5. The molecule has 0 fully saturated rings. The Bertz CT molecular complexity index is 709. The van der Waals surface area contributed by atoms with Gasteiger partial charge in [-0.15, -0.1) is 0 Å². The molecule has 1 aliphatic heterocycles. The van der Waals surface area contributed by atoms with Gasteiger partial charge in [0.15, 0.2) is 0 Å². The van der Waals surface area contributed by atoms with Crippen LogP contribution in [0.3, 0.4) is 0 Å². The van der Waals surface area contributed by atoms with Crippen LogP contribution in [0.4, 0.5) is 0 Å². The highest BCUT2D eigenvalue weighted by atomic mass is 127. The third-order valence-corrected chi connectivity index (χ3v) is 5.40.